The fourth-order valence-electron chi connectivity index (χ4n) is 3.41. The van der Waals surface area contributed by atoms with Gasteiger partial charge in [0.25, 0.3) is 0 Å². The van der Waals surface area contributed by atoms with E-state index in [-0.39, 0.29) is 24.9 Å². The van der Waals surface area contributed by atoms with E-state index >= 15 is 0 Å². The molecule has 3 rings (SSSR count). The number of aliphatic hydroxyl groups excluding tert-OH is 3. The number of aliphatic carboxylic acids is 1. The third kappa shape index (κ3) is 5.66. The summed E-state index contributed by atoms with van der Waals surface area (Å²) in [7, 11) is 0. The summed E-state index contributed by atoms with van der Waals surface area (Å²) >= 11 is 0. The Labute approximate surface area is 185 Å². The number of hydrogen-bond acceptors (Lipinski definition) is 9. The number of aliphatic hydroxyl groups is 3. The lowest BCUT2D eigenvalue weighted by Gasteiger charge is -2.39. The number of phenols is 1. The van der Waals surface area contributed by atoms with E-state index in [4.69, 9.17) is 14.2 Å². The average Bonchev–Trinajstić information content (AvgIpc) is 2.75. The fraction of sp³-hybridized carbons (Fsp3) is 0.500. The van der Waals surface area contributed by atoms with Crippen molar-refractivity contribution in [3.63, 3.8) is 0 Å². The van der Waals surface area contributed by atoms with Crippen molar-refractivity contribution in [2.45, 2.75) is 56.7 Å². The van der Waals surface area contributed by atoms with Gasteiger partial charge in [-0.25, -0.2) is 4.79 Å². The van der Waals surface area contributed by atoms with Crippen LogP contribution in [-0.4, -0.2) is 87.5 Å². The number of benzene rings is 2. The van der Waals surface area contributed by atoms with Crippen molar-refractivity contribution in [1.82, 2.24) is 5.32 Å². The van der Waals surface area contributed by atoms with Gasteiger partial charge in [0.2, 0.25) is 0 Å². The third-order valence-corrected chi connectivity index (χ3v) is 5.14. The maximum Gasteiger partial charge on any atom is 0.335 e. The van der Waals surface area contributed by atoms with Crippen molar-refractivity contribution in [2.75, 3.05) is 13.2 Å². The Bertz CT molecular complexity index is 921. The van der Waals surface area contributed by atoms with Gasteiger partial charge < -0.3 is 45.1 Å². The number of phenolic OH excluding ortho intramolecular Hbond substituents is 1. The minimum atomic E-state index is -1.80. The van der Waals surface area contributed by atoms with Gasteiger partial charge in [0.1, 0.15) is 42.5 Å². The van der Waals surface area contributed by atoms with Gasteiger partial charge in [0.15, 0.2) is 12.4 Å². The molecule has 10 heteroatoms. The highest BCUT2D eigenvalue weighted by Crippen LogP contribution is 2.29. The van der Waals surface area contributed by atoms with Crippen LogP contribution in [0.1, 0.15) is 13.8 Å². The van der Waals surface area contributed by atoms with Crippen LogP contribution in [0.2, 0.25) is 0 Å². The Morgan fingerprint density at radius 3 is 2.56 bits per heavy atom. The van der Waals surface area contributed by atoms with Crippen LogP contribution in [0.15, 0.2) is 36.4 Å². The molecule has 3 unspecified atom stereocenters. The molecule has 0 bridgehead atoms. The van der Waals surface area contributed by atoms with Crippen LogP contribution in [0.4, 0.5) is 0 Å². The Balaban J connectivity index is 1.75. The molecule has 1 aliphatic heterocycles. The van der Waals surface area contributed by atoms with Crippen molar-refractivity contribution < 1.29 is 44.5 Å². The minimum Gasteiger partial charge on any atom is -0.508 e. The first-order valence-electron chi connectivity index (χ1n) is 10.3. The lowest BCUT2D eigenvalue weighted by atomic mass is 9.99. The lowest BCUT2D eigenvalue weighted by Crippen LogP contribution is -2.61. The van der Waals surface area contributed by atoms with Gasteiger partial charge in [0, 0.05) is 18.0 Å². The second-order valence-corrected chi connectivity index (χ2v) is 8.03. The molecule has 1 aliphatic rings. The molecule has 6 atom stereocenters. The number of carbonyl (C=O) groups is 1. The molecule has 1 fully saturated rings. The van der Waals surface area contributed by atoms with E-state index in [0.717, 1.165) is 5.39 Å². The number of fused-ring (bicyclic) bond motifs is 1. The Morgan fingerprint density at radius 2 is 1.88 bits per heavy atom. The highest BCUT2D eigenvalue weighted by molar-refractivity contribution is 5.89. The molecule has 1 heterocycles. The van der Waals surface area contributed by atoms with Crippen molar-refractivity contribution >= 4 is 16.7 Å². The quantitative estimate of drug-likeness (QED) is 0.311. The van der Waals surface area contributed by atoms with Gasteiger partial charge in [-0.15, -0.1) is 0 Å². The molecule has 32 heavy (non-hydrogen) atoms. The van der Waals surface area contributed by atoms with Crippen molar-refractivity contribution in [3.05, 3.63) is 36.4 Å². The number of nitrogens with one attached hydrogen (secondary N) is 1. The van der Waals surface area contributed by atoms with Gasteiger partial charge in [-0.3, -0.25) is 0 Å². The molecule has 6 N–H and O–H groups in total. The normalized spacial score (nSPS) is 26.9. The first-order valence-corrected chi connectivity index (χ1v) is 10.3. The van der Waals surface area contributed by atoms with E-state index in [1.54, 1.807) is 30.3 Å². The third-order valence-electron chi connectivity index (χ3n) is 5.14. The standard InChI is InChI=1S/C22H29NO9/c1-11(2)23-9-14(31-22-19(27)17(25)18(26)20(32-22)21(28)29)10-30-16-5-3-4-12-6-7-13(24)8-15(12)16/h3-8,11,14,17-20,22-27H,9-10H2,1-2H3,(H,28,29)/t14?,17-,18+,19?,20?,22-/m1/s1. The monoisotopic (exact) mass is 451 g/mol. The fourth-order valence-corrected chi connectivity index (χ4v) is 3.41. The number of carboxylic acid groups (broad SMARTS) is 1. The Hall–Kier alpha value is -2.47. The largest absolute Gasteiger partial charge is 0.508 e. The van der Waals surface area contributed by atoms with Crippen LogP contribution in [0.3, 0.4) is 0 Å². The maximum atomic E-state index is 11.3. The van der Waals surface area contributed by atoms with E-state index in [2.05, 4.69) is 5.32 Å². The highest BCUT2D eigenvalue weighted by atomic mass is 16.7. The zero-order chi connectivity index (χ0) is 23.4. The van der Waals surface area contributed by atoms with Crippen molar-refractivity contribution in [2.24, 2.45) is 0 Å². The second kappa shape index (κ2) is 10.4. The predicted molar refractivity (Wildman–Crippen MR) is 113 cm³/mol. The molecule has 0 aliphatic carbocycles. The Morgan fingerprint density at radius 1 is 1.12 bits per heavy atom. The molecule has 0 spiro atoms. The number of ether oxygens (including phenoxy) is 3. The van der Waals surface area contributed by atoms with Crippen LogP contribution in [0.25, 0.3) is 10.8 Å². The van der Waals surface area contributed by atoms with E-state index in [1.165, 1.54) is 0 Å². The molecule has 0 aromatic heterocycles. The predicted octanol–water partition coefficient (Wildman–Crippen LogP) is 0.200. The molecule has 0 radical (unpaired) electrons. The highest BCUT2D eigenvalue weighted by Gasteiger charge is 2.48. The van der Waals surface area contributed by atoms with Gasteiger partial charge in [-0.05, 0) is 23.6 Å². The molecule has 2 aromatic rings. The molecule has 0 saturated carbocycles. The van der Waals surface area contributed by atoms with Crippen LogP contribution < -0.4 is 10.1 Å². The summed E-state index contributed by atoms with van der Waals surface area (Å²) < 4.78 is 16.9. The van der Waals surface area contributed by atoms with Gasteiger partial charge >= 0.3 is 5.97 Å². The summed E-state index contributed by atoms with van der Waals surface area (Å²) in [4.78, 5) is 11.3. The second-order valence-electron chi connectivity index (χ2n) is 8.03. The minimum absolute atomic E-state index is 0.00252. The molecular weight excluding hydrogens is 422 g/mol. The molecule has 1 saturated heterocycles. The first-order chi connectivity index (χ1) is 15.2. The average molecular weight is 451 g/mol. The van der Waals surface area contributed by atoms with Crippen molar-refractivity contribution in [1.29, 1.82) is 0 Å². The number of hydrogen-bond donors (Lipinski definition) is 6. The maximum absolute atomic E-state index is 11.3. The van der Waals surface area contributed by atoms with E-state index in [9.17, 15) is 30.3 Å². The zero-order valence-electron chi connectivity index (χ0n) is 17.8. The topological polar surface area (TPSA) is 158 Å². The van der Waals surface area contributed by atoms with Crippen LogP contribution in [0, 0.1) is 0 Å². The summed E-state index contributed by atoms with van der Waals surface area (Å²) in [6.07, 6.45) is -9.16. The molecule has 2 aromatic carbocycles. The summed E-state index contributed by atoms with van der Waals surface area (Å²) in [5, 5.41) is 53.9. The zero-order valence-corrected chi connectivity index (χ0v) is 17.8. The van der Waals surface area contributed by atoms with E-state index in [1.807, 2.05) is 19.9 Å². The SMILES string of the molecule is CC(C)NCC(COc1cccc2ccc(O)cc12)O[C@@H]1OC(C(=O)O)[C@@H](O)[C@@H](O)C1O. The number of aromatic hydroxyl groups is 1. The summed E-state index contributed by atoms with van der Waals surface area (Å²) in [6, 6.07) is 10.4. The molecule has 176 valence electrons. The van der Waals surface area contributed by atoms with Crippen LogP contribution >= 0.6 is 0 Å². The number of carboxylic acids is 1. The Kier molecular flexibility index (Phi) is 7.88. The smallest absolute Gasteiger partial charge is 0.335 e. The van der Waals surface area contributed by atoms with Crippen LogP contribution in [0.5, 0.6) is 11.5 Å². The van der Waals surface area contributed by atoms with Gasteiger partial charge in [-0.2, -0.15) is 0 Å². The summed E-state index contributed by atoms with van der Waals surface area (Å²) in [5.74, 6) is -0.893. The summed E-state index contributed by atoms with van der Waals surface area (Å²) in [6.45, 7) is 4.13. The summed E-state index contributed by atoms with van der Waals surface area (Å²) in [5.41, 5.74) is 0. The van der Waals surface area contributed by atoms with E-state index in [0.29, 0.717) is 11.1 Å². The van der Waals surface area contributed by atoms with Gasteiger partial charge in [0.05, 0.1) is 0 Å². The molecule has 0 amide bonds. The van der Waals surface area contributed by atoms with Crippen molar-refractivity contribution in [3.8, 4) is 11.5 Å². The van der Waals surface area contributed by atoms with E-state index < -0.39 is 42.8 Å². The first kappa shape index (κ1) is 24.2. The molecular formula is C22H29NO9. The number of rotatable bonds is 9. The van der Waals surface area contributed by atoms with Crippen LogP contribution in [-0.2, 0) is 14.3 Å². The molecule has 10 nitrogen and oxygen atoms in total. The lowest BCUT2D eigenvalue weighted by molar-refractivity contribution is -0.305. The van der Waals surface area contributed by atoms with Gasteiger partial charge in [-0.1, -0.05) is 32.0 Å².